The van der Waals surface area contributed by atoms with Crippen molar-refractivity contribution >= 4 is 0 Å². The summed E-state index contributed by atoms with van der Waals surface area (Å²) in [4.78, 5) is 3.87. The van der Waals surface area contributed by atoms with Crippen LogP contribution in [-0.4, -0.2) is 22.2 Å². The first kappa shape index (κ1) is 13.8. The number of nitrogens with one attached hydrogen (secondary N) is 1. The van der Waals surface area contributed by atoms with E-state index in [0.717, 1.165) is 25.3 Å². The van der Waals surface area contributed by atoms with Crippen molar-refractivity contribution in [3.63, 3.8) is 0 Å². The third-order valence-corrected chi connectivity index (χ3v) is 4.30. The van der Waals surface area contributed by atoms with Crippen molar-refractivity contribution in [1.29, 1.82) is 0 Å². The Hall–Kier alpha value is -1.14. The largest absolute Gasteiger partial charge is 0.418 e. The first-order chi connectivity index (χ1) is 9.38. The molecule has 1 aromatic rings. The minimum absolute atomic E-state index is 0.0792. The molecule has 0 amide bonds. The molecule has 20 heavy (non-hydrogen) atoms. The SMILES string of the molecule is OC1(c2ncccc2C(F)(F)F)CC2CCCC(C1)N2. The van der Waals surface area contributed by atoms with Crippen LogP contribution in [0.1, 0.15) is 43.4 Å². The van der Waals surface area contributed by atoms with Crippen molar-refractivity contribution in [3.05, 3.63) is 29.6 Å². The third kappa shape index (κ3) is 2.42. The zero-order chi connectivity index (χ0) is 14.4. The zero-order valence-corrected chi connectivity index (χ0v) is 11.0. The van der Waals surface area contributed by atoms with Crippen molar-refractivity contribution in [3.8, 4) is 0 Å². The van der Waals surface area contributed by atoms with Gasteiger partial charge in [0.1, 0.15) is 5.60 Å². The maximum absolute atomic E-state index is 13.1. The van der Waals surface area contributed by atoms with Crippen LogP contribution in [0.5, 0.6) is 0 Å². The molecule has 2 aliphatic rings. The number of halogens is 3. The molecule has 110 valence electrons. The maximum atomic E-state index is 13.1. The van der Waals surface area contributed by atoms with E-state index in [9.17, 15) is 18.3 Å². The fourth-order valence-electron chi connectivity index (χ4n) is 3.53. The molecule has 2 atom stereocenters. The minimum Gasteiger partial charge on any atom is -0.383 e. The van der Waals surface area contributed by atoms with Crippen LogP contribution in [-0.2, 0) is 11.8 Å². The summed E-state index contributed by atoms with van der Waals surface area (Å²) in [5, 5.41) is 14.2. The molecule has 0 aliphatic carbocycles. The fourth-order valence-corrected chi connectivity index (χ4v) is 3.53. The molecule has 3 nitrogen and oxygen atoms in total. The van der Waals surface area contributed by atoms with E-state index < -0.39 is 17.3 Å². The van der Waals surface area contributed by atoms with Gasteiger partial charge in [0.2, 0.25) is 0 Å². The standard InChI is InChI=1S/C14H17F3N2O/c15-14(16,17)11-5-2-6-18-12(11)13(20)7-9-3-1-4-10(8-13)19-9/h2,5-6,9-10,19-20H,1,3-4,7-8H2. The van der Waals surface area contributed by atoms with Crippen molar-refractivity contribution in [2.75, 3.05) is 0 Å². The van der Waals surface area contributed by atoms with Crippen LogP contribution in [0.4, 0.5) is 13.2 Å². The van der Waals surface area contributed by atoms with E-state index in [1.807, 2.05) is 0 Å². The monoisotopic (exact) mass is 286 g/mol. The summed E-state index contributed by atoms with van der Waals surface area (Å²) >= 11 is 0. The fraction of sp³-hybridized carbons (Fsp3) is 0.643. The summed E-state index contributed by atoms with van der Waals surface area (Å²) < 4.78 is 39.3. The van der Waals surface area contributed by atoms with Gasteiger partial charge < -0.3 is 10.4 Å². The highest BCUT2D eigenvalue weighted by Crippen LogP contribution is 2.43. The smallest absolute Gasteiger partial charge is 0.383 e. The average Bonchev–Trinajstić information content (AvgIpc) is 2.37. The summed E-state index contributed by atoms with van der Waals surface area (Å²) in [5.41, 5.74) is -2.51. The Kier molecular flexibility index (Phi) is 3.25. The highest BCUT2D eigenvalue weighted by molar-refractivity contribution is 5.29. The number of rotatable bonds is 1. The highest BCUT2D eigenvalue weighted by Gasteiger charge is 2.47. The molecule has 2 N–H and O–H groups in total. The van der Waals surface area contributed by atoms with Crippen LogP contribution in [0.25, 0.3) is 0 Å². The van der Waals surface area contributed by atoms with E-state index in [4.69, 9.17) is 0 Å². The maximum Gasteiger partial charge on any atom is 0.418 e. The number of aromatic nitrogens is 1. The van der Waals surface area contributed by atoms with Gasteiger partial charge in [0.15, 0.2) is 0 Å². The number of hydrogen-bond acceptors (Lipinski definition) is 3. The molecule has 2 bridgehead atoms. The van der Waals surface area contributed by atoms with Gasteiger partial charge in [-0.2, -0.15) is 13.2 Å². The number of hydrogen-bond donors (Lipinski definition) is 2. The average molecular weight is 286 g/mol. The number of alkyl halides is 3. The molecule has 3 heterocycles. The van der Waals surface area contributed by atoms with Gasteiger partial charge in [0.25, 0.3) is 0 Å². The van der Waals surface area contributed by atoms with E-state index in [-0.39, 0.29) is 17.8 Å². The Morgan fingerprint density at radius 2 is 1.90 bits per heavy atom. The normalized spacial score (nSPS) is 34.0. The Balaban J connectivity index is 2.00. The molecule has 6 heteroatoms. The van der Waals surface area contributed by atoms with Gasteiger partial charge in [-0.05, 0) is 37.8 Å². The van der Waals surface area contributed by atoms with Crippen molar-refractivity contribution in [1.82, 2.24) is 10.3 Å². The van der Waals surface area contributed by atoms with Crippen LogP contribution < -0.4 is 5.32 Å². The van der Waals surface area contributed by atoms with Crippen molar-refractivity contribution in [2.24, 2.45) is 0 Å². The summed E-state index contributed by atoms with van der Waals surface area (Å²) in [7, 11) is 0. The zero-order valence-electron chi connectivity index (χ0n) is 11.0. The first-order valence-electron chi connectivity index (χ1n) is 6.90. The molecular weight excluding hydrogens is 269 g/mol. The van der Waals surface area contributed by atoms with Crippen LogP contribution in [0.3, 0.4) is 0 Å². The van der Waals surface area contributed by atoms with Gasteiger partial charge in [-0.1, -0.05) is 6.42 Å². The molecule has 3 rings (SSSR count). The van der Waals surface area contributed by atoms with Gasteiger partial charge >= 0.3 is 6.18 Å². The van der Waals surface area contributed by atoms with Gasteiger partial charge in [-0.15, -0.1) is 0 Å². The lowest BCUT2D eigenvalue weighted by atomic mass is 9.74. The number of fused-ring (bicyclic) bond motifs is 2. The van der Waals surface area contributed by atoms with E-state index >= 15 is 0 Å². The Labute approximate surface area is 115 Å². The quantitative estimate of drug-likeness (QED) is 0.834. The topological polar surface area (TPSA) is 45.2 Å². The number of nitrogens with zero attached hydrogens (tertiary/aromatic N) is 1. The van der Waals surface area contributed by atoms with Crippen LogP contribution in [0, 0.1) is 0 Å². The van der Waals surface area contributed by atoms with Gasteiger partial charge in [-0.25, -0.2) is 0 Å². The molecule has 0 spiro atoms. The lowest BCUT2D eigenvalue weighted by Gasteiger charge is -2.45. The number of piperidine rings is 2. The highest BCUT2D eigenvalue weighted by atomic mass is 19.4. The molecule has 2 saturated heterocycles. The summed E-state index contributed by atoms with van der Waals surface area (Å²) in [6.07, 6.45) is 0.277. The van der Waals surface area contributed by atoms with E-state index in [0.29, 0.717) is 12.8 Å². The van der Waals surface area contributed by atoms with E-state index in [2.05, 4.69) is 10.3 Å². The lowest BCUT2D eigenvalue weighted by molar-refractivity contribution is -0.143. The Morgan fingerprint density at radius 3 is 2.50 bits per heavy atom. The molecule has 2 aliphatic heterocycles. The molecule has 0 aromatic carbocycles. The molecule has 0 radical (unpaired) electrons. The summed E-state index contributed by atoms with van der Waals surface area (Å²) in [6, 6.07) is 2.42. The van der Waals surface area contributed by atoms with E-state index in [1.165, 1.54) is 12.3 Å². The first-order valence-corrected chi connectivity index (χ1v) is 6.90. The van der Waals surface area contributed by atoms with Gasteiger partial charge in [0.05, 0.1) is 11.3 Å². The third-order valence-electron chi connectivity index (χ3n) is 4.30. The summed E-state index contributed by atoms with van der Waals surface area (Å²) in [6.45, 7) is 0. The lowest BCUT2D eigenvalue weighted by Crippen LogP contribution is -2.55. The molecular formula is C14H17F3N2O. The van der Waals surface area contributed by atoms with Crippen LogP contribution in [0.15, 0.2) is 18.3 Å². The van der Waals surface area contributed by atoms with Crippen LogP contribution in [0.2, 0.25) is 0 Å². The molecule has 0 saturated carbocycles. The molecule has 2 unspecified atom stereocenters. The minimum atomic E-state index is -4.49. The Morgan fingerprint density at radius 1 is 1.25 bits per heavy atom. The number of aliphatic hydroxyl groups is 1. The second-order valence-corrected chi connectivity index (χ2v) is 5.83. The second-order valence-electron chi connectivity index (χ2n) is 5.83. The van der Waals surface area contributed by atoms with Crippen molar-refractivity contribution < 1.29 is 18.3 Å². The van der Waals surface area contributed by atoms with Crippen molar-refractivity contribution in [2.45, 2.75) is 56.0 Å². The molecule has 1 aromatic heterocycles. The molecule has 2 fully saturated rings. The summed E-state index contributed by atoms with van der Waals surface area (Å²) in [5.74, 6) is 0. The predicted octanol–water partition coefficient (Wildman–Crippen LogP) is 2.59. The predicted molar refractivity (Wildman–Crippen MR) is 66.9 cm³/mol. The van der Waals surface area contributed by atoms with Gasteiger partial charge in [-0.3, -0.25) is 4.98 Å². The number of pyridine rings is 1. The van der Waals surface area contributed by atoms with E-state index in [1.54, 1.807) is 0 Å². The second kappa shape index (κ2) is 4.70. The Bertz CT molecular complexity index is 491. The van der Waals surface area contributed by atoms with Crippen LogP contribution >= 0.6 is 0 Å². The van der Waals surface area contributed by atoms with Gasteiger partial charge in [0, 0.05) is 18.3 Å².